The van der Waals surface area contributed by atoms with Crippen LogP contribution in [0.4, 0.5) is 5.69 Å². The van der Waals surface area contributed by atoms with Crippen molar-refractivity contribution >= 4 is 15.7 Å². The Morgan fingerprint density at radius 2 is 2.19 bits per heavy atom. The quantitative estimate of drug-likeness (QED) is 0.899. The summed E-state index contributed by atoms with van der Waals surface area (Å²) in [4.78, 5) is 0.457. The van der Waals surface area contributed by atoms with E-state index in [2.05, 4.69) is 17.0 Å². The van der Waals surface area contributed by atoms with E-state index in [1.54, 1.807) is 6.07 Å². The molecule has 0 radical (unpaired) electrons. The molecule has 1 fully saturated rings. The molecule has 116 valence electrons. The largest absolute Gasteiger partial charge is 0.385 e. The van der Waals surface area contributed by atoms with Crippen molar-refractivity contribution in [2.75, 3.05) is 18.4 Å². The fraction of sp³-hybridized carbons (Fsp3) is 0.625. The molecule has 0 saturated heterocycles. The lowest BCUT2D eigenvalue weighted by molar-refractivity contribution is 0.498. The fourth-order valence-corrected chi connectivity index (χ4v) is 4.95. The number of nitrogens with one attached hydrogen (secondary N) is 2. The Morgan fingerprint density at radius 3 is 2.95 bits per heavy atom. The second kappa shape index (κ2) is 5.97. The van der Waals surface area contributed by atoms with E-state index in [-0.39, 0.29) is 0 Å². The molecule has 1 saturated carbocycles. The first-order valence-corrected chi connectivity index (χ1v) is 9.40. The summed E-state index contributed by atoms with van der Waals surface area (Å²) in [7, 11) is -3.40. The molecular formula is C16H24N2O2S. The van der Waals surface area contributed by atoms with Crippen LogP contribution in [-0.4, -0.2) is 21.5 Å². The summed E-state index contributed by atoms with van der Waals surface area (Å²) in [6, 6.07) is 5.51. The summed E-state index contributed by atoms with van der Waals surface area (Å²) < 4.78 is 28.0. The van der Waals surface area contributed by atoms with Gasteiger partial charge >= 0.3 is 0 Å². The zero-order valence-corrected chi connectivity index (χ0v) is 13.4. The Balaban J connectivity index is 1.76. The van der Waals surface area contributed by atoms with Gasteiger partial charge in [0.15, 0.2) is 0 Å². The summed E-state index contributed by atoms with van der Waals surface area (Å²) >= 11 is 0. The van der Waals surface area contributed by atoms with Crippen molar-refractivity contribution in [1.29, 1.82) is 0 Å². The minimum atomic E-state index is -3.40. The third-order valence-corrected chi connectivity index (χ3v) is 6.22. The third kappa shape index (κ3) is 3.24. The van der Waals surface area contributed by atoms with Crippen LogP contribution in [0.15, 0.2) is 23.1 Å². The van der Waals surface area contributed by atoms with Gasteiger partial charge in [-0.2, -0.15) is 0 Å². The van der Waals surface area contributed by atoms with Crippen LogP contribution in [0.25, 0.3) is 0 Å². The molecule has 0 spiro atoms. The number of fused-ring (bicyclic) bond motifs is 1. The van der Waals surface area contributed by atoms with Gasteiger partial charge in [-0.3, -0.25) is 0 Å². The average Bonchev–Trinajstić information content (AvgIpc) is 2.90. The molecule has 2 N–H and O–H groups in total. The highest BCUT2D eigenvalue weighted by molar-refractivity contribution is 7.89. The van der Waals surface area contributed by atoms with Crippen molar-refractivity contribution in [1.82, 2.24) is 4.72 Å². The molecule has 1 heterocycles. The van der Waals surface area contributed by atoms with Crippen LogP contribution >= 0.6 is 0 Å². The number of rotatable bonds is 4. The highest BCUT2D eigenvalue weighted by Gasteiger charge is 2.26. The smallest absolute Gasteiger partial charge is 0.240 e. The maximum atomic E-state index is 12.6. The molecule has 21 heavy (non-hydrogen) atoms. The summed E-state index contributed by atoms with van der Waals surface area (Å²) in [5.74, 6) is 1.22. The molecule has 2 unspecified atom stereocenters. The monoisotopic (exact) mass is 308 g/mol. The third-order valence-electron chi connectivity index (χ3n) is 4.71. The number of benzene rings is 1. The van der Waals surface area contributed by atoms with Gasteiger partial charge in [-0.15, -0.1) is 0 Å². The Hall–Kier alpha value is -1.07. The minimum Gasteiger partial charge on any atom is -0.385 e. The standard InChI is InChI=1S/C16H24N2O2S/c1-12-7-8-13(10-12)11-18-21(19,20)16-6-2-5-15-14(16)4-3-9-17-15/h2,5-6,12-13,17-18H,3-4,7-11H2,1H3. The summed E-state index contributed by atoms with van der Waals surface area (Å²) in [6.45, 7) is 3.74. The van der Waals surface area contributed by atoms with Crippen molar-refractivity contribution in [3.05, 3.63) is 23.8 Å². The second-order valence-electron chi connectivity index (χ2n) is 6.45. The SMILES string of the molecule is CC1CCC(CNS(=O)(=O)c2cccc3c2CCCN3)C1. The van der Waals surface area contributed by atoms with Gasteiger partial charge in [-0.25, -0.2) is 13.1 Å². The van der Waals surface area contributed by atoms with Crippen molar-refractivity contribution in [3.63, 3.8) is 0 Å². The molecule has 5 heteroatoms. The molecule has 0 aromatic heterocycles. The Kier molecular flexibility index (Phi) is 4.22. The second-order valence-corrected chi connectivity index (χ2v) is 8.18. The molecule has 1 aromatic carbocycles. The Bertz CT molecular complexity index is 613. The van der Waals surface area contributed by atoms with Gasteiger partial charge in [0.2, 0.25) is 10.0 Å². The van der Waals surface area contributed by atoms with E-state index in [0.29, 0.717) is 17.4 Å². The van der Waals surface area contributed by atoms with Crippen LogP contribution in [0.5, 0.6) is 0 Å². The Morgan fingerprint density at radius 1 is 1.33 bits per heavy atom. The van der Waals surface area contributed by atoms with Crippen LogP contribution in [0.2, 0.25) is 0 Å². The zero-order chi connectivity index (χ0) is 14.9. The summed E-state index contributed by atoms with van der Waals surface area (Å²) in [5.41, 5.74) is 1.91. The van der Waals surface area contributed by atoms with Crippen molar-refractivity contribution in [2.45, 2.75) is 43.9 Å². The van der Waals surface area contributed by atoms with Gasteiger partial charge < -0.3 is 5.32 Å². The van der Waals surface area contributed by atoms with E-state index in [0.717, 1.165) is 49.4 Å². The fourth-order valence-electron chi connectivity index (χ4n) is 3.54. The molecule has 2 aliphatic rings. The van der Waals surface area contributed by atoms with E-state index >= 15 is 0 Å². The molecule has 1 aliphatic carbocycles. The normalized spacial score (nSPS) is 25.4. The van der Waals surface area contributed by atoms with Crippen molar-refractivity contribution in [3.8, 4) is 0 Å². The lowest BCUT2D eigenvalue weighted by Gasteiger charge is -2.21. The average molecular weight is 308 g/mol. The molecular weight excluding hydrogens is 284 g/mol. The zero-order valence-electron chi connectivity index (χ0n) is 12.6. The van der Waals surface area contributed by atoms with Gasteiger partial charge in [0, 0.05) is 18.8 Å². The van der Waals surface area contributed by atoms with Gasteiger partial charge in [-0.05, 0) is 55.2 Å². The molecule has 3 rings (SSSR count). The highest BCUT2D eigenvalue weighted by Crippen LogP contribution is 2.31. The van der Waals surface area contributed by atoms with E-state index < -0.39 is 10.0 Å². The maximum Gasteiger partial charge on any atom is 0.240 e. The lowest BCUT2D eigenvalue weighted by atomic mass is 10.0. The van der Waals surface area contributed by atoms with Crippen LogP contribution in [0.1, 0.15) is 38.2 Å². The molecule has 2 atom stereocenters. The van der Waals surface area contributed by atoms with Crippen LogP contribution < -0.4 is 10.0 Å². The number of hydrogen-bond acceptors (Lipinski definition) is 3. The molecule has 0 bridgehead atoms. The van der Waals surface area contributed by atoms with Crippen LogP contribution in [0, 0.1) is 11.8 Å². The predicted octanol–water partition coefficient (Wildman–Crippen LogP) is 2.76. The number of anilines is 1. The summed E-state index contributed by atoms with van der Waals surface area (Å²) in [6.07, 6.45) is 5.31. The van der Waals surface area contributed by atoms with Gasteiger partial charge in [-0.1, -0.05) is 19.4 Å². The van der Waals surface area contributed by atoms with E-state index in [9.17, 15) is 8.42 Å². The number of hydrogen-bond donors (Lipinski definition) is 2. The number of sulfonamides is 1. The highest BCUT2D eigenvalue weighted by atomic mass is 32.2. The summed E-state index contributed by atoms with van der Waals surface area (Å²) in [5, 5.41) is 3.29. The lowest BCUT2D eigenvalue weighted by Crippen LogP contribution is -2.30. The van der Waals surface area contributed by atoms with Crippen molar-refractivity contribution in [2.24, 2.45) is 11.8 Å². The predicted molar refractivity (Wildman–Crippen MR) is 84.9 cm³/mol. The van der Waals surface area contributed by atoms with E-state index in [1.807, 2.05) is 12.1 Å². The molecule has 4 nitrogen and oxygen atoms in total. The van der Waals surface area contributed by atoms with E-state index in [1.165, 1.54) is 6.42 Å². The van der Waals surface area contributed by atoms with Crippen molar-refractivity contribution < 1.29 is 8.42 Å². The van der Waals surface area contributed by atoms with Gasteiger partial charge in [0.05, 0.1) is 4.90 Å². The minimum absolute atomic E-state index is 0.457. The first-order chi connectivity index (χ1) is 10.1. The van der Waals surface area contributed by atoms with Gasteiger partial charge in [0.25, 0.3) is 0 Å². The van der Waals surface area contributed by atoms with Gasteiger partial charge in [0.1, 0.15) is 0 Å². The molecule has 1 aliphatic heterocycles. The topological polar surface area (TPSA) is 58.2 Å². The van der Waals surface area contributed by atoms with Crippen LogP contribution in [-0.2, 0) is 16.4 Å². The molecule has 1 aromatic rings. The molecule has 0 amide bonds. The van der Waals surface area contributed by atoms with E-state index in [4.69, 9.17) is 0 Å². The maximum absolute atomic E-state index is 12.6. The first kappa shape index (κ1) is 14.9. The van der Waals surface area contributed by atoms with Crippen LogP contribution in [0.3, 0.4) is 0 Å². The first-order valence-electron chi connectivity index (χ1n) is 7.91. The Labute approximate surface area is 127 Å².